The third-order valence-corrected chi connectivity index (χ3v) is 5.50. The quantitative estimate of drug-likeness (QED) is 0.467. The number of ketones is 1. The highest BCUT2D eigenvalue weighted by Crippen LogP contribution is 2.28. The van der Waals surface area contributed by atoms with Crippen LogP contribution in [0, 0.1) is 0 Å². The first-order chi connectivity index (χ1) is 15.4. The van der Waals surface area contributed by atoms with E-state index >= 15 is 0 Å². The molecule has 3 rings (SSSR count). The van der Waals surface area contributed by atoms with Crippen molar-refractivity contribution in [1.29, 1.82) is 0 Å². The third kappa shape index (κ3) is 5.99. The van der Waals surface area contributed by atoms with Gasteiger partial charge in [0.15, 0.2) is 17.3 Å². The van der Waals surface area contributed by atoms with Gasteiger partial charge in [-0.3, -0.25) is 9.69 Å². The minimum Gasteiger partial charge on any atom is -0.493 e. The topological polar surface area (TPSA) is 88.5 Å². The summed E-state index contributed by atoms with van der Waals surface area (Å²) in [6.45, 7) is 5.51. The lowest BCUT2D eigenvalue weighted by Gasteiger charge is -2.36. The molecule has 0 spiro atoms. The van der Waals surface area contributed by atoms with E-state index < -0.39 is 12.1 Å². The van der Waals surface area contributed by atoms with Gasteiger partial charge in [0.05, 0.1) is 19.8 Å². The van der Waals surface area contributed by atoms with E-state index in [4.69, 9.17) is 14.2 Å². The van der Waals surface area contributed by atoms with E-state index in [0.29, 0.717) is 29.2 Å². The van der Waals surface area contributed by atoms with Gasteiger partial charge in [-0.05, 0) is 49.4 Å². The summed E-state index contributed by atoms with van der Waals surface area (Å²) in [5.41, 5.74) is 2.18. The summed E-state index contributed by atoms with van der Waals surface area (Å²) < 4.78 is 15.7. The second kappa shape index (κ2) is 11.0. The maximum absolute atomic E-state index is 11.7. The molecule has 0 amide bonds. The number of nitrogens with zero attached hydrogens (tertiary/aromatic N) is 2. The van der Waals surface area contributed by atoms with Gasteiger partial charge in [0.1, 0.15) is 12.7 Å². The molecular weight excluding hydrogens is 412 g/mol. The molecule has 172 valence electrons. The summed E-state index contributed by atoms with van der Waals surface area (Å²) in [5, 5.41) is 10.4. The maximum Gasteiger partial charge on any atom is 0.337 e. The van der Waals surface area contributed by atoms with Crippen molar-refractivity contribution in [2.75, 3.05) is 58.5 Å². The Morgan fingerprint density at radius 3 is 2.22 bits per heavy atom. The predicted octanol–water partition coefficient (Wildman–Crippen LogP) is 2.25. The molecule has 0 radical (unpaired) electrons. The van der Waals surface area contributed by atoms with Crippen LogP contribution in [-0.4, -0.2) is 81.4 Å². The normalized spacial score (nSPS) is 15.2. The SMILES string of the molecule is COC(=O)c1ccc(OCC(O)CN2CCN(c3ccc(C(C)=O)cc3)CC2)c(OC)c1. The van der Waals surface area contributed by atoms with Crippen LogP contribution in [0.1, 0.15) is 27.6 Å². The molecule has 1 heterocycles. The zero-order chi connectivity index (χ0) is 23.1. The summed E-state index contributed by atoms with van der Waals surface area (Å²) in [7, 11) is 2.81. The number of β-amino-alcohol motifs (C(OH)–C–C–N with tert-alkyl or cyclic N) is 1. The standard InChI is InChI=1S/C24H30N2O6/c1-17(27)18-4-7-20(8-5-18)26-12-10-25(11-13-26)15-21(28)16-32-22-9-6-19(24(29)31-3)14-23(22)30-2/h4-9,14,21,28H,10-13,15-16H2,1-3H3. The monoisotopic (exact) mass is 442 g/mol. The van der Waals surface area contributed by atoms with Crippen LogP contribution in [0.25, 0.3) is 0 Å². The van der Waals surface area contributed by atoms with E-state index in [9.17, 15) is 14.7 Å². The number of anilines is 1. The molecule has 1 N–H and O–H groups in total. The van der Waals surface area contributed by atoms with E-state index in [-0.39, 0.29) is 12.4 Å². The van der Waals surface area contributed by atoms with Crippen molar-refractivity contribution in [1.82, 2.24) is 4.90 Å². The van der Waals surface area contributed by atoms with Gasteiger partial charge in [-0.2, -0.15) is 0 Å². The first-order valence-electron chi connectivity index (χ1n) is 10.6. The summed E-state index contributed by atoms with van der Waals surface area (Å²) in [6, 6.07) is 12.5. The van der Waals surface area contributed by atoms with Crippen LogP contribution in [0.3, 0.4) is 0 Å². The van der Waals surface area contributed by atoms with E-state index in [1.165, 1.54) is 14.2 Å². The number of carbonyl (C=O) groups is 2. The number of ether oxygens (including phenoxy) is 3. The number of aliphatic hydroxyl groups excluding tert-OH is 1. The lowest BCUT2D eigenvalue weighted by Crippen LogP contribution is -2.49. The number of esters is 1. The number of aliphatic hydroxyl groups is 1. The fraction of sp³-hybridized carbons (Fsp3) is 0.417. The smallest absolute Gasteiger partial charge is 0.337 e. The molecule has 2 aromatic rings. The molecule has 1 aliphatic heterocycles. The van der Waals surface area contributed by atoms with Crippen molar-refractivity contribution < 1.29 is 28.9 Å². The molecule has 1 atom stereocenters. The summed E-state index contributed by atoms with van der Waals surface area (Å²) >= 11 is 0. The lowest BCUT2D eigenvalue weighted by molar-refractivity contribution is 0.0597. The fourth-order valence-electron chi connectivity index (χ4n) is 3.66. The highest BCUT2D eigenvalue weighted by molar-refractivity contribution is 5.94. The summed E-state index contributed by atoms with van der Waals surface area (Å²) in [4.78, 5) is 27.6. The Labute approximate surface area is 188 Å². The molecule has 8 nitrogen and oxygen atoms in total. The van der Waals surface area contributed by atoms with Crippen LogP contribution in [0.5, 0.6) is 11.5 Å². The second-order valence-electron chi connectivity index (χ2n) is 7.71. The minimum absolute atomic E-state index is 0.0644. The van der Waals surface area contributed by atoms with Gasteiger partial charge in [0.25, 0.3) is 0 Å². The second-order valence-corrected chi connectivity index (χ2v) is 7.71. The maximum atomic E-state index is 11.7. The van der Waals surface area contributed by atoms with Gasteiger partial charge in [0, 0.05) is 44.0 Å². The number of carbonyl (C=O) groups excluding carboxylic acids is 2. The number of hydrogen-bond acceptors (Lipinski definition) is 8. The number of piperazine rings is 1. The van der Waals surface area contributed by atoms with E-state index in [0.717, 1.165) is 31.9 Å². The van der Waals surface area contributed by atoms with Gasteiger partial charge < -0.3 is 24.2 Å². The van der Waals surface area contributed by atoms with Crippen molar-refractivity contribution >= 4 is 17.4 Å². The number of Topliss-reactive ketones (excluding diaryl/α,β-unsaturated/α-hetero) is 1. The van der Waals surface area contributed by atoms with Crippen LogP contribution >= 0.6 is 0 Å². The molecule has 0 aliphatic carbocycles. The Balaban J connectivity index is 1.46. The average molecular weight is 443 g/mol. The van der Waals surface area contributed by atoms with Crippen molar-refractivity contribution in [3.8, 4) is 11.5 Å². The number of methoxy groups -OCH3 is 2. The molecule has 1 aliphatic rings. The highest BCUT2D eigenvalue weighted by Gasteiger charge is 2.20. The zero-order valence-corrected chi connectivity index (χ0v) is 18.7. The average Bonchev–Trinajstić information content (AvgIpc) is 2.82. The first-order valence-corrected chi connectivity index (χ1v) is 10.6. The molecule has 1 unspecified atom stereocenters. The first kappa shape index (κ1) is 23.6. The molecule has 2 aromatic carbocycles. The number of benzene rings is 2. The van der Waals surface area contributed by atoms with E-state index in [1.54, 1.807) is 25.1 Å². The van der Waals surface area contributed by atoms with E-state index in [2.05, 4.69) is 9.80 Å². The molecular formula is C24H30N2O6. The number of hydrogen-bond donors (Lipinski definition) is 1. The Morgan fingerprint density at radius 2 is 1.62 bits per heavy atom. The van der Waals surface area contributed by atoms with Crippen LogP contribution in [0.4, 0.5) is 5.69 Å². The van der Waals surface area contributed by atoms with Crippen LogP contribution < -0.4 is 14.4 Å². The highest BCUT2D eigenvalue weighted by atomic mass is 16.5. The molecule has 32 heavy (non-hydrogen) atoms. The van der Waals surface area contributed by atoms with Crippen molar-refractivity contribution in [3.63, 3.8) is 0 Å². The number of rotatable bonds is 9. The van der Waals surface area contributed by atoms with Crippen molar-refractivity contribution in [3.05, 3.63) is 53.6 Å². The van der Waals surface area contributed by atoms with Crippen molar-refractivity contribution in [2.45, 2.75) is 13.0 Å². The third-order valence-electron chi connectivity index (χ3n) is 5.50. The predicted molar refractivity (Wildman–Crippen MR) is 121 cm³/mol. The minimum atomic E-state index is -0.665. The fourth-order valence-corrected chi connectivity index (χ4v) is 3.66. The molecule has 0 bridgehead atoms. The molecule has 1 saturated heterocycles. The summed E-state index contributed by atoms with van der Waals surface area (Å²) in [6.07, 6.45) is -0.665. The molecule has 0 saturated carbocycles. The van der Waals surface area contributed by atoms with E-state index in [1.807, 2.05) is 24.3 Å². The molecule has 0 aromatic heterocycles. The van der Waals surface area contributed by atoms with Crippen LogP contribution in [0.2, 0.25) is 0 Å². The van der Waals surface area contributed by atoms with Gasteiger partial charge in [-0.15, -0.1) is 0 Å². The molecule has 8 heteroatoms. The van der Waals surface area contributed by atoms with Gasteiger partial charge >= 0.3 is 5.97 Å². The Bertz CT molecular complexity index is 923. The van der Waals surface area contributed by atoms with Crippen LogP contribution in [0.15, 0.2) is 42.5 Å². The Morgan fingerprint density at radius 1 is 0.969 bits per heavy atom. The Hall–Kier alpha value is -3.10. The van der Waals surface area contributed by atoms with Gasteiger partial charge in [-0.1, -0.05) is 0 Å². The van der Waals surface area contributed by atoms with Gasteiger partial charge in [0.2, 0.25) is 0 Å². The van der Waals surface area contributed by atoms with Crippen molar-refractivity contribution in [2.24, 2.45) is 0 Å². The zero-order valence-electron chi connectivity index (χ0n) is 18.7. The van der Waals surface area contributed by atoms with Gasteiger partial charge in [-0.25, -0.2) is 4.79 Å². The molecule has 1 fully saturated rings. The lowest BCUT2D eigenvalue weighted by atomic mass is 10.1. The van der Waals surface area contributed by atoms with Crippen LogP contribution in [-0.2, 0) is 4.74 Å². The largest absolute Gasteiger partial charge is 0.493 e. The Kier molecular flexibility index (Phi) is 8.08. The summed E-state index contributed by atoms with van der Waals surface area (Å²) in [5.74, 6) is 0.473.